The molecule has 1 aromatic rings. The highest BCUT2D eigenvalue weighted by atomic mass is 35.5. The second-order valence-corrected chi connectivity index (χ2v) is 6.20. The van der Waals surface area contributed by atoms with Crippen LogP contribution in [0, 0.1) is 6.92 Å². The van der Waals surface area contributed by atoms with E-state index in [1.54, 1.807) is 0 Å². The van der Waals surface area contributed by atoms with Gasteiger partial charge in [0.25, 0.3) is 0 Å². The topological polar surface area (TPSA) is 47.0 Å². The Morgan fingerprint density at radius 1 is 1.30 bits per heavy atom. The van der Waals surface area contributed by atoms with Gasteiger partial charge in [-0.1, -0.05) is 19.3 Å². The Kier molecular flexibility index (Phi) is 5.08. The van der Waals surface area contributed by atoms with E-state index in [2.05, 4.69) is 15.3 Å². The summed E-state index contributed by atoms with van der Waals surface area (Å²) in [5, 5.41) is 3.46. The number of hydrogen-bond acceptors (Lipinski definition) is 4. The molecule has 0 atom stereocenters. The molecule has 1 saturated carbocycles. The Bertz CT molecular complexity index is 445. The third-order valence-electron chi connectivity index (χ3n) is 3.63. The first-order valence-electron chi connectivity index (χ1n) is 7.39. The second-order valence-electron chi connectivity index (χ2n) is 5.94. The number of hydrogen-bond donors (Lipinski definition) is 1. The summed E-state index contributed by atoms with van der Waals surface area (Å²) in [5.74, 6) is 1.84. The van der Waals surface area contributed by atoms with Gasteiger partial charge >= 0.3 is 0 Å². The number of anilines is 1. The number of aromatic nitrogens is 2. The van der Waals surface area contributed by atoms with Crippen LogP contribution >= 0.6 is 11.6 Å². The van der Waals surface area contributed by atoms with Crippen molar-refractivity contribution in [1.82, 2.24) is 9.97 Å². The molecular weight excluding hydrogens is 274 g/mol. The maximum Gasteiger partial charge on any atom is 0.226 e. The predicted molar refractivity (Wildman–Crippen MR) is 82.7 cm³/mol. The largest absolute Gasteiger partial charge is 0.475 e. The molecule has 0 saturated heterocycles. The van der Waals surface area contributed by atoms with Crippen LogP contribution in [-0.4, -0.2) is 27.5 Å². The molecule has 0 aromatic carbocycles. The Balaban J connectivity index is 2.16. The van der Waals surface area contributed by atoms with Crippen molar-refractivity contribution >= 4 is 17.5 Å². The average molecular weight is 298 g/mol. The van der Waals surface area contributed by atoms with Gasteiger partial charge in [0.1, 0.15) is 0 Å². The van der Waals surface area contributed by atoms with Crippen molar-refractivity contribution in [3.05, 3.63) is 11.8 Å². The summed E-state index contributed by atoms with van der Waals surface area (Å²) in [6, 6.07) is 1.86. The van der Waals surface area contributed by atoms with Crippen LogP contribution in [0.4, 0.5) is 5.95 Å². The predicted octanol–water partition coefficient (Wildman–Crippen LogP) is 3.93. The number of alkyl halides is 1. The zero-order chi connectivity index (χ0) is 14.6. The lowest BCUT2D eigenvalue weighted by molar-refractivity contribution is 0.232. The van der Waals surface area contributed by atoms with Crippen LogP contribution in [0.2, 0.25) is 0 Å². The summed E-state index contributed by atoms with van der Waals surface area (Å²) < 4.78 is 5.67. The third kappa shape index (κ3) is 3.98. The van der Waals surface area contributed by atoms with Gasteiger partial charge in [0, 0.05) is 17.6 Å². The molecule has 0 spiro atoms. The van der Waals surface area contributed by atoms with Gasteiger partial charge in [-0.2, -0.15) is 4.98 Å². The van der Waals surface area contributed by atoms with Crippen molar-refractivity contribution in [2.75, 3.05) is 11.2 Å². The first-order valence-corrected chi connectivity index (χ1v) is 7.93. The Morgan fingerprint density at radius 2 is 2.00 bits per heavy atom. The summed E-state index contributed by atoms with van der Waals surface area (Å²) in [6.07, 6.45) is 5.97. The first-order chi connectivity index (χ1) is 9.53. The molecule has 1 heterocycles. The van der Waals surface area contributed by atoms with Crippen molar-refractivity contribution in [1.29, 1.82) is 0 Å². The lowest BCUT2D eigenvalue weighted by Crippen LogP contribution is -2.42. The fourth-order valence-corrected chi connectivity index (χ4v) is 2.99. The van der Waals surface area contributed by atoms with Crippen LogP contribution in [0.1, 0.15) is 51.6 Å². The minimum atomic E-state index is -0.0668. The van der Waals surface area contributed by atoms with E-state index in [4.69, 9.17) is 16.3 Å². The summed E-state index contributed by atoms with van der Waals surface area (Å²) in [6.45, 7) is 5.94. The van der Waals surface area contributed by atoms with Gasteiger partial charge in [0.15, 0.2) is 0 Å². The normalized spacial score (nSPS) is 18.1. The zero-order valence-corrected chi connectivity index (χ0v) is 13.3. The van der Waals surface area contributed by atoms with Gasteiger partial charge in [0.2, 0.25) is 11.8 Å². The molecule has 0 radical (unpaired) electrons. The number of nitrogens with one attached hydrogen (secondary N) is 1. The number of rotatable bonds is 5. The Labute approximate surface area is 126 Å². The molecule has 0 amide bonds. The highest BCUT2D eigenvalue weighted by Gasteiger charge is 2.32. The molecule has 4 nitrogen and oxygen atoms in total. The van der Waals surface area contributed by atoms with E-state index < -0.39 is 0 Å². The van der Waals surface area contributed by atoms with E-state index in [0.29, 0.717) is 17.7 Å². The van der Waals surface area contributed by atoms with Gasteiger partial charge < -0.3 is 10.1 Å². The van der Waals surface area contributed by atoms with Crippen LogP contribution in [0.25, 0.3) is 0 Å². The quantitative estimate of drug-likeness (QED) is 0.837. The van der Waals surface area contributed by atoms with Crippen molar-refractivity contribution < 1.29 is 4.74 Å². The van der Waals surface area contributed by atoms with Crippen LogP contribution in [0.3, 0.4) is 0 Å². The monoisotopic (exact) mass is 297 g/mol. The Morgan fingerprint density at radius 3 is 2.60 bits per heavy atom. The number of aryl methyl sites for hydroxylation is 1. The summed E-state index contributed by atoms with van der Waals surface area (Å²) in [4.78, 5) is 8.93. The lowest BCUT2D eigenvalue weighted by atomic mass is 9.83. The smallest absolute Gasteiger partial charge is 0.226 e. The fraction of sp³-hybridized carbons (Fsp3) is 0.733. The van der Waals surface area contributed by atoms with Crippen molar-refractivity contribution in [2.45, 2.75) is 64.5 Å². The second kappa shape index (κ2) is 6.61. The molecule has 0 aliphatic heterocycles. The molecule has 0 unspecified atom stereocenters. The lowest BCUT2D eigenvalue weighted by Gasteiger charge is -2.36. The molecule has 20 heavy (non-hydrogen) atoms. The molecule has 5 heteroatoms. The summed E-state index contributed by atoms with van der Waals surface area (Å²) in [5.41, 5.74) is 0.835. The highest BCUT2D eigenvalue weighted by molar-refractivity contribution is 6.18. The van der Waals surface area contributed by atoms with Gasteiger partial charge in [-0.05, 0) is 33.6 Å². The number of nitrogens with zero attached hydrogens (tertiary/aromatic N) is 2. The summed E-state index contributed by atoms with van der Waals surface area (Å²) in [7, 11) is 0. The van der Waals surface area contributed by atoms with E-state index >= 15 is 0 Å². The van der Waals surface area contributed by atoms with Crippen LogP contribution in [0.5, 0.6) is 5.88 Å². The average Bonchev–Trinajstić information content (AvgIpc) is 2.38. The molecule has 1 fully saturated rings. The van der Waals surface area contributed by atoms with Crippen molar-refractivity contribution in [3.8, 4) is 5.88 Å². The van der Waals surface area contributed by atoms with E-state index in [9.17, 15) is 0 Å². The number of ether oxygens (including phenoxy) is 1. The maximum atomic E-state index is 6.20. The molecule has 0 bridgehead atoms. The molecule has 1 aromatic heterocycles. The van der Waals surface area contributed by atoms with E-state index in [1.165, 1.54) is 19.3 Å². The number of halogens is 1. The molecular formula is C15H24ClN3O. The van der Waals surface area contributed by atoms with E-state index in [-0.39, 0.29) is 11.6 Å². The molecule has 1 N–H and O–H groups in total. The van der Waals surface area contributed by atoms with Crippen molar-refractivity contribution in [2.24, 2.45) is 0 Å². The minimum Gasteiger partial charge on any atom is -0.475 e. The first kappa shape index (κ1) is 15.4. The van der Waals surface area contributed by atoms with Gasteiger partial charge in [-0.3, -0.25) is 0 Å². The van der Waals surface area contributed by atoms with Gasteiger partial charge in [-0.25, -0.2) is 4.98 Å². The zero-order valence-electron chi connectivity index (χ0n) is 12.6. The SMILES string of the molecule is Cc1cc(OC(C)C)nc(NC2(CCl)CCCCC2)n1. The third-order valence-corrected chi connectivity index (χ3v) is 4.14. The summed E-state index contributed by atoms with van der Waals surface area (Å²) >= 11 is 6.20. The molecule has 2 rings (SSSR count). The van der Waals surface area contributed by atoms with Crippen LogP contribution < -0.4 is 10.1 Å². The molecule has 112 valence electrons. The maximum absolute atomic E-state index is 6.20. The van der Waals surface area contributed by atoms with Crippen LogP contribution in [-0.2, 0) is 0 Å². The minimum absolute atomic E-state index is 0.0668. The van der Waals surface area contributed by atoms with E-state index in [1.807, 2.05) is 26.8 Å². The standard InChI is InChI=1S/C15H24ClN3O/c1-11(2)20-13-9-12(3)17-14(18-13)19-15(10-16)7-5-4-6-8-15/h9,11H,4-8,10H2,1-3H3,(H,17,18,19). The molecule has 1 aliphatic carbocycles. The highest BCUT2D eigenvalue weighted by Crippen LogP contribution is 2.32. The van der Waals surface area contributed by atoms with Crippen LogP contribution in [0.15, 0.2) is 6.07 Å². The van der Waals surface area contributed by atoms with Crippen molar-refractivity contribution in [3.63, 3.8) is 0 Å². The van der Waals surface area contributed by atoms with Gasteiger partial charge in [0.05, 0.1) is 11.6 Å². The van der Waals surface area contributed by atoms with E-state index in [0.717, 1.165) is 18.5 Å². The molecule has 1 aliphatic rings. The fourth-order valence-electron chi connectivity index (χ4n) is 2.66. The van der Waals surface area contributed by atoms with Gasteiger partial charge in [-0.15, -0.1) is 11.6 Å². The Hall–Kier alpha value is -1.03.